The lowest BCUT2D eigenvalue weighted by Gasteiger charge is -2.25. The van der Waals surface area contributed by atoms with Gasteiger partial charge in [0.1, 0.15) is 0 Å². The summed E-state index contributed by atoms with van der Waals surface area (Å²) in [5.41, 5.74) is 4.05. The third kappa shape index (κ3) is 4.44. The molecule has 164 valence electrons. The van der Waals surface area contributed by atoms with Gasteiger partial charge < -0.3 is 9.72 Å². The van der Waals surface area contributed by atoms with E-state index in [-0.39, 0.29) is 29.6 Å². The average molecular weight is 441 g/mol. The lowest BCUT2D eigenvalue weighted by atomic mass is 10.0. The summed E-state index contributed by atoms with van der Waals surface area (Å²) in [5, 5.41) is 0.891. The molecule has 31 heavy (non-hydrogen) atoms. The third-order valence-corrected chi connectivity index (χ3v) is 7.89. The molecule has 0 unspecified atom stereocenters. The van der Waals surface area contributed by atoms with Crippen LogP contribution in [0.4, 0.5) is 0 Å². The zero-order chi connectivity index (χ0) is 22.2. The van der Waals surface area contributed by atoms with Gasteiger partial charge in [0, 0.05) is 25.3 Å². The Morgan fingerprint density at radius 2 is 1.84 bits per heavy atom. The number of nitrogens with zero attached hydrogens (tertiary/aromatic N) is 1. The summed E-state index contributed by atoms with van der Waals surface area (Å²) in [6.45, 7) is 6.74. The zero-order valence-electron chi connectivity index (χ0n) is 18.1. The van der Waals surface area contributed by atoms with Crippen LogP contribution < -0.4 is 5.56 Å². The van der Waals surface area contributed by atoms with Crippen LogP contribution in [0.1, 0.15) is 35.1 Å². The Kier molecular flexibility index (Phi) is 6.01. The summed E-state index contributed by atoms with van der Waals surface area (Å²) >= 11 is 0. The highest BCUT2D eigenvalue weighted by Gasteiger charge is 2.30. The molecule has 2 heterocycles. The molecule has 1 fully saturated rings. The summed E-state index contributed by atoms with van der Waals surface area (Å²) in [6, 6.07) is 12.6. The van der Waals surface area contributed by atoms with Crippen molar-refractivity contribution in [2.75, 3.05) is 13.2 Å². The Hall–Kier alpha value is -2.48. The van der Waals surface area contributed by atoms with E-state index in [0.717, 1.165) is 40.4 Å². The molecule has 2 aromatic carbocycles. The molecule has 3 aromatic rings. The second-order valence-electron chi connectivity index (χ2n) is 8.34. The van der Waals surface area contributed by atoms with Crippen molar-refractivity contribution in [1.29, 1.82) is 0 Å². The molecule has 0 spiro atoms. The van der Waals surface area contributed by atoms with E-state index in [0.29, 0.717) is 12.2 Å². The molecule has 0 aliphatic carbocycles. The van der Waals surface area contributed by atoms with Gasteiger partial charge in [-0.1, -0.05) is 29.8 Å². The maximum absolute atomic E-state index is 13.5. The molecular weight excluding hydrogens is 412 g/mol. The van der Waals surface area contributed by atoms with E-state index >= 15 is 0 Å². The van der Waals surface area contributed by atoms with Crippen LogP contribution in [0, 0.1) is 20.8 Å². The molecule has 1 saturated heterocycles. The van der Waals surface area contributed by atoms with Crippen molar-refractivity contribution < 1.29 is 13.2 Å². The van der Waals surface area contributed by atoms with E-state index in [9.17, 15) is 13.2 Å². The summed E-state index contributed by atoms with van der Waals surface area (Å²) in [4.78, 5) is 16.0. The van der Waals surface area contributed by atoms with Crippen LogP contribution in [-0.2, 0) is 21.3 Å². The first-order valence-electron chi connectivity index (χ1n) is 10.6. The highest BCUT2D eigenvalue weighted by atomic mass is 32.2. The number of hydrogen-bond donors (Lipinski definition) is 1. The fourth-order valence-electron chi connectivity index (χ4n) is 4.00. The fraction of sp³-hybridized carbons (Fsp3) is 0.375. The molecule has 1 atom stereocenters. The Morgan fingerprint density at radius 1 is 1.10 bits per heavy atom. The van der Waals surface area contributed by atoms with E-state index < -0.39 is 10.0 Å². The maximum Gasteiger partial charge on any atom is 0.252 e. The normalized spacial score (nSPS) is 17.0. The third-order valence-electron chi connectivity index (χ3n) is 6.06. The molecule has 1 aliphatic heterocycles. The van der Waals surface area contributed by atoms with Gasteiger partial charge in [0.05, 0.1) is 16.5 Å². The van der Waals surface area contributed by atoms with Gasteiger partial charge in [-0.05, 0) is 68.3 Å². The van der Waals surface area contributed by atoms with Crippen LogP contribution in [0.5, 0.6) is 0 Å². The number of rotatable bonds is 6. The minimum absolute atomic E-state index is 0.00569. The smallest absolute Gasteiger partial charge is 0.252 e. The topological polar surface area (TPSA) is 79.5 Å². The fourth-order valence-corrected chi connectivity index (χ4v) is 5.45. The number of nitrogens with one attached hydrogen (secondary N) is 1. The highest BCUT2D eigenvalue weighted by Crippen LogP contribution is 2.24. The van der Waals surface area contributed by atoms with Crippen LogP contribution >= 0.6 is 0 Å². The second-order valence-corrected chi connectivity index (χ2v) is 10.3. The van der Waals surface area contributed by atoms with Gasteiger partial charge in [0.25, 0.3) is 5.56 Å². The monoisotopic (exact) mass is 440 g/mol. The summed E-state index contributed by atoms with van der Waals surface area (Å²) in [5.74, 6) is 0. The number of ether oxygens (including phenoxy) is 1. The van der Waals surface area contributed by atoms with E-state index in [1.165, 1.54) is 4.31 Å². The molecule has 7 heteroatoms. The maximum atomic E-state index is 13.5. The van der Waals surface area contributed by atoms with Crippen LogP contribution in [0.3, 0.4) is 0 Å². The lowest BCUT2D eigenvalue weighted by Crippen LogP contribution is -2.38. The number of aromatic nitrogens is 1. The molecule has 1 aromatic heterocycles. The number of fused-ring (bicyclic) bond motifs is 1. The number of benzene rings is 2. The number of aromatic amines is 1. The first-order valence-corrected chi connectivity index (χ1v) is 12.0. The van der Waals surface area contributed by atoms with Crippen molar-refractivity contribution in [3.63, 3.8) is 0 Å². The van der Waals surface area contributed by atoms with E-state index in [4.69, 9.17) is 4.74 Å². The molecule has 6 nitrogen and oxygen atoms in total. The Balaban J connectivity index is 1.74. The van der Waals surface area contributed by atoms with Crippen LogP contribution in [-0.4, -0.2) is 37.0 Å². The Bertz CT molecular complexity index is 1260. The zero-order valence-corrected chi connectivity index (χ0v) is 19.0. The van der Waals surface area contributed by atoms with Crippen molar-refractivity contribution in [1.82, 2.24) is 9.29 Å². The van der Waals surface area contributed by atoms with Gasteiger partial charge >= 0.3 is 0 Å². The van der Waals surface area contributed by atoms with Crippen LogP contribution in [0.15, 0.2) is 52.2 Å². The first-order chi connectivity index (χ1) is 14.8. The van der Waals surface area contributed by atoms with Gasteiger partial charge in [0.15, 0.2) is 0 Å². The summed E-state index contributed by atoms with van der Waals surface area (Å²) < 4.78 is 34.0. The van der Waals surface area contributed by atoms with Crippen molar-refractivity contribution in [3.8, 4) is 0 Å². The number of hydrogen-bond acceptors (Lipinski definition) is 4. The molecule has 4 rings (SSSR count). The van der Waals surface area contributed by atoms with E-state index in [2.05, 4.69) is 4.98 Å². The van der Waals surface area contributed by atoms with Crippen LogP contribution in [0.25, 0.3) is 10.9 Å². The SMILES string of the molecule is Cc1ccc(S(=O)(=O)N(Cc2cc3ccc(C)c(C)c3[nH]c2=O)C[C@H]2CCCO2)cc1. The average Bonchev–Trinajstić information content (AvgIpc) is 3.25. The van der Waals surface area contributed by atoms with Gasteiger partial charge in [-0.15, -0.1) is 0 Å². The van der Waals surface area contributed by atoms with E-state index in [1.54, 1.807) is 30.3 Å². The summed E-state index contributed by atoms with van der Waals surface area (Å²) in [6.07, 6.45) is 1.56. The van der Waals surface area contributed by atoms with Crippen molar-refractivity contribution in [3.05, 3.63) is 75.1 Å². The molecular formula is C24H28N2O4S. The number of sulfonamides is 1. The van der Waals surface area contributed by atoms with E-state index in [1.807, 2.05) is 32.9 Å². The van der Waals surface area contributed by atoms with Crippen LogP contribution in [0.2, 0.25) is 0 Å². The van der Waals surface area contributed by atoms with Gasteiger partial charge in [-0.25, -0.2) is 8.42 Å². The molecule has 1 N–H and O–H groups in total. The molecule has 0 saturated carbocycles. The van der Waals surface area contributed by atoms with Gasteiger partial charge in [-0.3, -0.25) is 4.79 Å². The molecule has 0 amide bonds. The summed E-state index contributed by atoms with van der Waals surface area (Å²) in [7, 11) is -3.79. The molecule has 0 radical (unpaired) electrons. The number of H-pyrrole nitrogens is 1. The quantitative estimate of drug-likeness (QED) is 0.632. The van der Waals surface area contributed by atoms with Crippen molar-refractivity contribution in [2.45, 2.75) is 51.2 Å². The predicted octanol–water partition coefficient (Wildman–Crippen LogP) is 3.82. The molecule has 0 bridgehead atoms. The lowest BCUT2D eigenvalue weighted by molar-refractivity contribution is 0.0925. The van der Waals surface area contributed by atoms with Crippen molar-refractivity contribution in [2.24, 2.45) is 0 Å². The molecule has 1 aliphatic rings. The second kappa shape index (κ2) is 8.57. The number of aryl methyl sites for hydroxylation is 3. The predicted molar refractivity (Wildman–Crippen MR) is 122 cm³/mol. The minimum Gasteiger partial charge on any atom is -0.377 e. The van der Waals surface area contributed by atoms with Gasteiger partial charge in [0.2, 0.25) is 10.0 Å². The first kappa shape index (κ1) is 21.7. The Morgan fingerprint density at radius 3 is 2.52 bits per heavy atom. The number of pyridine rings is 1. The van der Waals surface area contributed by atoms with Crippen molar-refractivity contribution >= 4 is 20.9 Å². The highest BCUT2D eigenvalue weighted by molar-refractivity contribution is 7.89. The minimum atomic E-state index is -3.79. The standard InChI is InChI=1S/C24H28N2O4S/c1-16-6-10-22(11-7-16)31(28,29)26(15-21-5-4-12-30-21)14-20-13-19-9-8-17(2)18(3)23(19)25-24(20)27/h6-11,13,21H,4-5,12,14-15H2,1-3H3,(H,25,27)/t21-/m1/s1. The largest absolute Gasteiger partial charge is 0.377 e. The van der Waals surface area contributed by atoms with Gasteiger partial charge in [-0.2, -0.15) is 4.31 Å². The Labute approximate surface area is 182 Å².